The monoisotopic (exact) mass is 239 g/mol. The van der Waals surface area contributed by atoms with Crippen LogP contribution in [0.1, 0.15) is 25.0 Å². The van der Waals surface area contributed by atoms with Crippen LogP contribution in [-0.4, -0.2) is 18.4 Å². The Morgan fingerprint density at radius 3 is 2.38 bits per heavy atom. The van der Waals surface area contributed by atoms with Crippen molar-refractivity contribution in [3.63, 3.8) is 0 Å². The maximum absolute atomic E-state index is 5.98. The molecule has 3 heteroatoms. The molecule has 0 bridgehead atoms. The van der Waals surface area contributed by atoms with E-state index >= 15 is 0 Å². The minimum Gasteiger partial charge on any atom is -0.496 e. The van der Waals surface area contributed by atoms with Gasteiger partial charge in [-0.15, -0.1) is 11.8 Å². The van der Waals surface area contributed by atoms with E-state index in [0.29, 0.717) is 0 Å². The summed E-state index contributed by atoms with van der Waals surface area (Å²) in [5.74, 6) is 1.87. The predicted octanol–water partition coefficient (Wildman–Crippen LogP) is 3.14. The van der Waals surface area contributed by atoms with E-state index in [1.165, 1.54) is 16.0 Å². The molecule has 0 aliphatic rings. The van der Waals surface area contributed by atoms with E-state index in [1.54, 1.807) is 18.9 Å². The van der Waals surface area contributed by atoms with Crippen LogP contribution in [0.2, 0.25) is 0 Å². The lowest BCUT2D eigenvalue weighted by molar-refractivity contribution is 0.411. The van der Waals surface area contributed by atoms with E-state index in [1.807, 2.05) is 13.8 Å². The predicted molar refractivity (Wildman–Crippen MR) is 71.5 cm³/mol. The Morgan fingerprint density at radius 1 is 1.25 bits per heavy atom. The Kier molecular flexibility index (Phi) is 4.28. The van der Waals surface area contributed by atoms with Crippen LogP contribution in [0.25, 0.3) is 0 Å². The van der Waals surface area contributed by atoms with Crippen LogP contribution in [-0.2, 0) is 0 Å². The van der Waals surface area contributed by atoms with Crippen molar-refractivity contribution in [2.75, 3.05) is 12.9 Å². The molecule has 0 fully saturated rings. The first-order chi connectivity index (χ1) is 7.33. The molecule has 16 heavy (non-hydrogen) atoms. The standard InChI is InChI=1S/C13H21NOS/c1-9-7-12(16-8-13(3,4)14)10(2)6-11(9)15-5/h6-7H,8,14H2,1-5H3. The molecule has 0 heterocycles. The van der Waals surface area contributed by atoms with Gasteiger partial charge < -0.3 is 10.5 Å². The van der Waals surface area contributed by atoms with Gasteiger partial charge in [0.05, 0.1) is 7.11 Å². The van der Waals surface area contributed by atoms with E-state index in [4.69, 9.17) is 10.5 Å². The van der Waals surface area contributed by atoms with Gasteiger partial charge >= 0.3 is 0 Å². The van der Waals surface area contributed by atoms with Gasteiger partial charge in [-0.3, -0.25) is 0 Å². The number of aryl methyl sites for hydroxylation is 2. The largest absolute Gasteiger partial charge is 0.496 e. The summed E-state index contributed by atoms with van der Waals surface area (Å²) in [6.07, 6.45) is 0. The van der Waals surface area contributed by atoms with Gasteiger partial charge in [-0.25, -0.2) is 0 Å². The summed E-state index contributed by atoms with van der Waals surface area (Å²) in [5.41, 5.74) is 8.27. The van der Waals surface area contributed by atoms with Crippen LogP contribution in [0.5, 0.6) is 5.75 Å². The van der Waals surface area contributed by atoms with Crippen molar-refractivity contribution in [2.45, 2.75) is 38.1 Å². The molecule has 0 aromatic heterocycles. The molecular formula is C13H21NOS. The van der Waals surface area contributed by atoms with Crippen molar-refractivity contribution >= 4 is 11.8 Å². The fraction of sp³-hybridized carbons (Fsp3) is 0.538. The lowest BCUT2D eigenvalue weighted by Crippen LogP contribution is -2.34. The molecule has 0 spiro atoms. The van der Waals surface area contributed by atoms with E-state index in [9.17, 15) is 0 Å². The Labute approximate surface area is 103 Å². The molecule has 0 radical (unpaired) electrons. The zero-order valence-electron chi connectivity index (χ0n) is 10.8. The summed E-state index contributed by atoms with van der Waals surface area (Å²) < 4.78 is 5.29. The van der Waals surface area contributed by atoms with Gasteiger partial charge in [0.2, 0.25) is 0 Å². The van der Waals surface area contributed by atoms with Gasteiger partial charge in [0.25, 0.3) is 0 Å². The van der Waals surface area contributed by atoms with Crippen LogP contribution < -0.4 is 10.5 Å². The molecule has 0 amide bonds. The molecule has 90 valence electrons. The molecule has 0 saturated heterocycles. The summed E-state index contributed by atoms with van der Waals surface area (Å²) in [7, 11) is 1.71. The quantitative estimate of drug-likeness (QED) is 0.820. The topological polar surface area (TPSA) is 35.2 Å². The SMILES string of the molecule is COc1cc(C)c(SCC(C)(C)N)cc1C. The third-order valence-corrected chi connectivity index (χ3v) is 3.93. The number of benzene rings is 1. The first-order valence-corrected chi connectivity index (χ1v) is 6.39. The molecular weight excluding hydrogens is 218 g/mol. The number of ether oxygens (including phenoxy) is 1. The maximum Gasteiger partial charge on any atom is 0.122 e. The third kappa shape index (κ3) is 3.72. The number of thioether (sulfide) groups is 1. The Hall–Kier alpha value is -0.670. The lowest BCUT2D eigenvalue weighted by Gasteiger charge is -2.19. The highest BCUT2D eigenvalue weighted by atomic mass is 32.2. The van der Waals surface area contributed by atoms with E-state index in [2.05, 4.69) is 26.0 Å². The Bertz CT molecular complexity index is 369. The highest BCUT2D eigenvalue weighted by Crippen LogP contribution is 2.30. The van der Waals surface area contributed by atoms with E-state index < -0.39 is 0 Å². The molecule has 0 unspecified atom stereocenters. The van der Waals surface area contributed by atoms with Crippen molar-refractivity contribution in [2.24, 2.45) is 5.73 Å². The lowest BCUT2D eigenvalue weighted by atomic mass is 10.1. The molecule has 0 aliphatic carbocycles. The summed E-state index contributed by atoms with van der Waals surface area (Å²) in [4.78, 5) is 1.29. The number of nitrogens with two attached hydrogens (primary N) is 1. The van der Waals surface area contributed by atoms with Crippen molar-refractivity contribution in [3.8, 4) is 5.75 Å². The first kappa shape index (κ1) is 13.4. The van der Waals surface area contributed by atoms with Crippen LogP contribution in [0.15, 0.2) is 17.0 Å². The highest BCUT2D eigenvalue weighted by molar-refractivity contribution is 7.99. The maximum atomic E-state index is 5.98. The minimum atomic E-state index is -0.134. The van der Waals surface area contributed by atoms with Gasteiger partial charge in [0.15, 0.2) is 0 Å². The fourth-order valence-corrected chi connectivity index (χ4v) is 2.48. The van der Waals surface area contributed by atoms with Crippen molar-refractivity contribution in [1.82, 2.24) is 0 Å². The molecule has 0 atom stereocenters. The smallest absolute Gasteiger partial charge is 0.122 e. The number of rotatable bonds is 4. The fourth-order valence-electron chi connectivity index (χ4n) is 1.40. The van der Waals surface area contributed by atoms with Gasteiger partial charge in [0, 0.05) is 16.2 Å². The van der Waals surface area contributed by atoms with Crippen molar-refractivity contribution < 1.29 is 4.74 Å². The molecule has 1 rings (SSSR count). The zero-order chi connectivity index (χ0) is 12.3. The van der Waals surface area contributed by atoms with Crippen LogP contribution in [0, 0.1) is 13.8 Å². The van der Waals surface area contributed by atoms with Crippen LogP contribution in [0.3, 0.4) is 0 Å². The van der Waals surface area contributed by atoms with Crippen LogP contribution >= 0.6 is 11.8 Å². The number of methoxy groups -OCH3 is 1. The average molecular weight is 239 g/mol. The third-order valence-electron chi connectivity index (χ3n) is 2.29. The molecule has 0 saturated carbocycles. The van der Waals surface area contributed by atoms with E-state index in [-0.39, 0.29) is 5.54 Å². The molecule has 1 aromatic rings. The molecule has 0 aliphatic heterocycles. The minimum absolute atomic E-state index is 0.134. The summed E-state index contributed by atoms with van der Waals surface area (Å²) >= 11 is 1.81. The second-order valence-electron chi connectivity index (χ2n) is 4.86. The van der Waals surface area contributed by atoms with Gasteiger partial charge in [-0.05, 0) is 51.0 Å². The second-order valence-corrected chi connectivity index (χ2v) is 5.88. The summed E-state index contributed by atoms with van der Waals surface area (Å²) in [5, 5.41) is 0. The summed E-state index contributed by atoms with van der Waals surface area (Å²) in [6, 6.07) is 4.26. The number of hydrogen-bond acceptors (Lipinski definition) is 3. The molecule has 1 aromatic carbocycles. The Morgan fingerprint density at radius 2 is 1.88 bits per heavy atom. The van der Waals surface area contributed by atoms with Gasteiger partial charge in [-0.2, -0.15) is 0 Å². The molecule has 2 N–H and O–H groups in total. The first-order valence-electron chi connectivity index (χ1n) is 5.40. The van der Waals surface area contributed by atoms with Crippen molar-refractivity contribution in [3.05, 3.63) is 23.3 Å². The normalized spacial score (nSPS) is 11.6. The second kappa shape index (κ2) is 5.11. The number of hydrogen-bond donors (Lipinski definition) is 1. The van der Waals surface area contributed by atoms with Gasteiger partial charge in [-0.1, -0.05) is 0 Å². The highest BCUT2D eigenvalue weighted by Gasteiger charge is 2.13. The Balaban J connectivity index is 2.86. The van der Waals surface area contributed by atoms with Crippen LogP contribution in [0.4, 0.5) is 0 Å². The van der Waals surface area contributed by atoms with Crippen molar-refractivity contribution in [1.29, 1.82) is 0 Å². The average Bonchev–Trinajstić information content (AvgIpc) is 2.17. The zero-order valence-corrected chi connectivity index (χ0v) is 11.6. The molecule has 2 nitrogen and oxygen atoms in total. The summed E-state index contributed by atoms with van der Waals surface area (Å²) in [6.45, 7) is 8.27. The van der Waals surface area contributed by atoms with Gasteiger partial charge in [0.1, 0.15) is 5.75 Å². The van der Waals surface area contributed by atoms with E-state index in [0.717, 1.165) is 11.5 Å².